The van der Waals surface area contributed by atoms with Crippen LogP contribution in [0.2, 0.25) is 0 Å². The van der Waals surface area contributed by atoms with Gasteiger partial charge in [-0.1, -0.05) is 51.6 Å². The molecule has 0 saturated carbocycles. The van der Waals surface area contributed by atoms with Gasteiger partial charge in [0.05, 0.1) is 11.3 Å². The van der Waals surface area contributed by atoms with Crippen LogP contribution in [0, 0.1) is 22.7 Å². The van der Waals surface area contributed by atoms with Gasteiger partial charge < -0.3 is 14.6 Å². The van der Waals surface area contributed by atoms with Gasteiger partial charge in [-0.15, -0.1) is 21.5 Å². The smallest absolute Gasteiger partial charge is 0.235 e. The van der Waals surface area contributed by atoms with Gasteiger partial charge in [0.25, 0.3) is 0 Å². The van der Waals surface area contributed by atoms with Crippen LogP contribution in [0.3, 0.4) is 0 Å². The fraction of sp³-hybridized carbons (Fsp3) is 0.481. The summed E-state index contributed by atoms with van der Waals surface area (Å²) in [6.07, 6.45) is 3.93. The molecule has 2 heterocycles. The number of rotatable bonds is 8. The fourth-order valence-corrected chi connectivity index (χ4v) is 6.41. The van der Waals surface area contributed by atoms with Crippen molar-refractivity contribution in [1.82, 2.24) is 14.8 Å². The Morgan fingerprint density at radius 3 is 2.72 bits per heavy atom. The van der Waals surface area contributed by atoms with Gasteiger partial charge in [0.2, 0.25) is 5.91 Å². The molecular weight excluding hydrogens is 490 g/mol. The van der Waals surface area contributed by atoms with Crippen LogP contribution in [0.1, 0.15) is 61.5 Å². The number of hydrogen-bond donors (Lipinski definition) is 1. The Morgan fingerprint density at radius 1 is 1.31 bits per heavy atom. The van der Waals surface area contributed by atoms with E-state index >= 15 is 0 Å². The summed E-state index contributed by atoms with van der Waals surface area (Å²) in [6.45, 7) is 9.23. The normalized spacial score (nSPS) is 15.3. The van der Waals surface area contributed by atoms with E-state index in [-0.39, 0.29) is 17.1 Å². The number of benzene rings is 1. The molecule has 190 valence electrons. The number of anilines is 1. The first kappa shape index (κ1) is 26.2. The molecule has 1 aromatic carbocycles. The first-order valence-corrected chi connectivity index (χ1v) is 14.1. The number of nitrogens with zero attached hydrogens (tertiary/aromatic N) is 4. The lowest BCUT2D eigenvalue weighted by atomic mass is 9.72. The second-order valence-electron chi connectivity index (χ2n) is 10.2. The Hall–Kier alpha value is -2.83. The monoisotopic (exact) mass is 523 g/mol. The predicted octanol–water partition coefficient (Wildman–Crippen LogP) is 5.77. The number of carbonyl (C=O) groups excluding carboxylic acids is 1. The standard InChI is InChI=1S/C27H33N5O2S2/c1-6-17-7-10-19(11-8-17)34-15-23-30-31-26(32(23)5)35-16-24(33)29-25-21(14-28)20-12-9-18(27(2,3)4)13-22(20)36-25/h7-8,10-11,18H,6,9,12-13,15-16H2,1-5H3,(H,29,33). The van der Waals surface area contributed by atoms with E-state index in [1.807, 2.05) is 23.7 Å². The first-order chi connectivity index (χ1) is 17.2. The first-order valence-electron chi connectivity index (χ1n) is 12.3. The molecule has 0 aliphatic heterocycles. The number of amides is 1. The Balaban J connectivity index is 1.34. The van der Waals surface area contributed by atoms with Gasteiger partial charge in [0.1, 0.15) is 23.4 Å². The fourth-order valence-electron chi connectivity index (χ4n) is 4.39. The highest BCUT2D eigenvalue weighted by molar-refractivity contribution is 7.99. The average Bonchev–Trinajstić information content (AvgIpc) is 3.39. The molecule has 1 N–H and O–H groups in total. The maximum Gasteiger partial charge on any atom is 0.235 e. The summed E-state index contributed by atoms with van der Waals surface area (Å²) in [4.78, 5) is 14.0. The van der Waals surface area contributed by atoms with E-state index < -0.39 is 0 Å². The summed E-state index contributed by atoms with van der Waals surface area (Å²) < 4.78 is 7.69. The van der Waals surface area contributed by atoms with Gasteiger partial charge in [0, 0.05) is 11.9 Å². The van der Waals surface area contributed by atoms with E-state index in [0.29, 0.717) is 34.1 Å². The molecule has 1 amide bonds. The van der Waals surface area contributed by atoms with Crippen molar-refractivity contribution >= 4 is 34.0 Å². The molecule has 7 nitrogen and oxygen atoms in total. The zero-order chi connectivity index (χ0) is 25.9. The number of hydrogen-bond acceptors (Lipinski definition) is 7. The average molecular weight is 524 g/mol. The van der Waals surface area contributed by atoms with Crippen LogP contribution < -0.4 is 10.1 Å². The molecule has 1 aliphatic carbocycles. The molecule has 1 aliphatic rings. The SMILES string of the molecule is CCc1ccc(OCc2nnc(SCC(=O)Nc3sc4c(c3C#N)CCC(C(C)(C)C)C4)n2C)cc1. The molecule has 1 atom stereocenters. The van der Waals surface area contributed by atoms with Crippen LogP contribution in [-0.2, 0) is 37.7 Å². The molecule has 9 heteroatoms. The maximum atomic E-state index is 12.8. The van der Waals surface area contributed by atoms with Crippen LogP contribution >= 0.6 is 23.1 Å². The summed E-state index contributed by atoms with van der Waals surface area (Å²) >= 11 is 2.87. The van der Waals surface area contributed by atoms with Crippen LogP contribution in [0.15, 0.2) is 29.4 Å². The van der Waals surface area contributed by atoms with Crippen LogP contribution in [0.4, 0.5) is 5.00 Å². The largest absolute Gasteiger partial charge is 0.486 e. The maximum absolute atomic E-state index is 12.8. The number of fused-ring (bicyclic) bond motifs is 1. The molecule has 36 heavy (non-hydrogen) atoms. The summed E-state index contributed by atoms with van der Waals surface area (Å²) in [5, 5.41) is 22.5. The molecule has 1 unspecified atom stereocenters. The van der Waals surface area contributed by atoms with Crippen LogP contribution in [-0.4, -0.2) is 26.4 Å². The van der Waals surface area contributed by atoms with Crippen molar-refractivity contribution in [3.05, 3.63) is 51.7 Å². The van der Waals surface area contributed by atoms with Gasteiger partial charge in [0.15, 0.2) is 11.0 Å². The Kier molecular flexibility index (Phi) is 8.06. The number of thiophene rings is 1. The lowest BCUT2D eigenvalue weighted by molar-refractivity contribution is -0.113. The molecule has 0 spiro atoms. The molecule has 0 radical (unpaired) electrons. The van der Waals surface area contributed by atoms with E-state index in [2.05, 4.69) is 61.4 Å². The highest BCUT2D eigenvalue weighted by Gasteiger charge is 2.32. The molecular formula is C27H33N5O2S2. The van der Waals surface area contributed by atoms with E-state index in [1.165, 1.54) is 22.2 Å². The molecule has 0 bridgehead atoms. The number of aryl methyl sites for hydroxylation is 1. The molecule has 0 fully saturated rings. The summed E-state index contributed by atoms with van der Waals surface area (Å²) in [6, 6.07) is 10.3. The topological polar surface area (TPSA) is 92.8 Å². The lowest BCUT2D eigenvalue weighted by Gasteiger charge is -2.33. The highest BCUT2D eigenvalue weighted by atomic mass is 32.2. The third-order valence-electron chi connectivity index (χ3n) is 6.81. The number of ether oxygens (including phenoxy) is 1. The van der Waals surface area contributed by atoms with E-state index in [4.69, 9.17) is 4.74 Å². The van der Waals surface area contributed by atoms with Gasteiger partial charge >= 0.3 is 0 Å². The highest BCUT2D eigenvalue weighted by Crippen LogP contribution is 2.44. The Labute approximate surface area is 221 Å². The number of carbonyl (C=O) groups is 1. The van der Waals surface area contributed by atoms with Crippen LogP contribution in [0.25, 0.3) is 0 Å². The second kappa shape index (κ2) is 11.1. The Morgan fingerprint density at radius 2 is 2.06 bits per heavy atom. The minimum Gasteiger partial charge on any atom is -0.486 e. The quantitative estimate of drug-likeness (QED) is 0.377. The van der Waals surface area contributed by atoms with Gasteiger partial charge in [-0.3, -0.25) is 4.79 Å². The number of nitriles is 1. The van der Waals surface area contributed by atoms with Crippen molar-refractivity contribution in [1.29, 1.82) is 5.26 Å². The number of nitrogens with one attached hydrogen (secondary N) is 1. The van der Waals surface area contributed by atoms with Crippen molar-refractivity contribution in [2.24, 2.45) is 18.4 Å². The number of thioether (sulfide) groups is 1. The third-order valence-corrected chi connectivity index (χ3v) is 9.00. The Bertz CT molecular complexity index is 1270. The minimum atomic E-state index is -0.153. The van der Waals surface area contributed by atoms with Crippen molar-refractivity contribution < 1.29 is 9.53 Å². The van der Waals surface area contributed by atoms with Gasteiger partial charge in [-0.2, -0.15) is 5.26 Å². The lowest BCUT2D eigenvalue weighted by Crippen LogP contribution is -2.26. The molecule has 2 aromatic heterocycles. The summed E-state index contributed by atoms with van der Waals surface area (Å²) in [5.41, 5.74) is 3.24. The minimum absolute atomic E-state index is 0.153. The van der Waals surface area contributed by atoms with Gasteiger partial charge in [-0.05, 0) is 60.3 Å². The molecule has 3 aromatic rings. The van der Waals surface area contributed by atoms with Crippen molar-refractivity contribution in [3.63, 3.8) is 0 Å². The van der Waals surface area contributed by atoms with Crippen molar-refractivity contribution in [3.8, 4) is 11.8 Å². The van der Waals surface area contributed by atoms with Gasteiger partial charge in [-0.25, -0.2) is 0 Å². The third kappa shape index (κ3) is 5.93. The predicted molar refractivity (Wildman–Crippen MR) is 145 cm³/mol. The van der Waals surface area contributed by atoms with Crippen LogP contribution in [0.5, 0.6) is 5.75 Å². The summed E-state index contributed by atoms with van der Waals surface area (Å²) in [5.74, 6) is 2.08. The zero-order valence-electron chi connectivity index (χ0n) is 21.6. The van der Waals surface area contributed by atoms with E-state index in [9.17, 15) is 10.1 Å². The molecule has 0 saturated heterocycles. The molecule has 4 rings (SSSR count). The van der Waals surface area contributed by atoms with E-state index in [1.54, 1.807) is 11.3 Å². The van der Waals surface area contributed by atoms with Crippen molar-refractivity contribution in [2.45, 2.75) is 65.1 Å². The zero-order valence-corrected chi connectivity index (χ0v) is 23.2. The van der Waals surface area contributed by atoms with E-state index in [0.717, 1.165) is 37.0 Å². The second-order valence-corrected chi connectivity index (χ2v) is 12.3. The van der Waals surface area contributed by atoms with Crippen molar-refractivity contribution in [2.75, 3.05) is 11.1 Å². The summed E-state index contributed by atoms with van der Waals surface area (Å²) in [7, 11) is 1.87. The number of aromatic nitrogens is 3.